The molecule has 0 spiro atoms. The average molecular weight is 457 g/mol. The summed E-state index contributed by atoms with van der Waals surface area (Å²) in [6.07, 6.45) is 1.47. The molecule has 4 rings (SSSR count). The number of carbonyl (C=O) groups excluding carboxylic acids is 2. The first-order valence-electron chi connectivity index (χ1n) is 10.2. The van der Waals surface area contributed by atoms with Crippen molar-refractivity contribution < 1.29 is 9.59 Å². The summed E-state index contributed by atoms with van der Waals surface area (Å²) in [5, 5.41) is 3.23. The number of carbonyl (C=O) groups is 2. The van der Waals surface area contributed by atoms with E-state index in [4.69, 9.17) is 0 Å². The van der Waals surface area contributed by atoms with Gasteiger partial charge >= 0.3 is 0 Å². The molecule has 1 atom stereocenters. The summed E-state index contributed by atoms with van der Waals surface area (Å²) in [6, 6.07) is 7.33. The van der Waals surface area contributed by atoms with Crippen LogP contribution in [0.1, 0.15) is 36.0 Å². The number of fused-ring (bicyclic) bond motifs is 1. The second-order valence-electron chi connectivity index (χ2n) is 7.61. The van der Waals surface area contributed by atoms with E-state index >= 15 is 0 Å². The highest BCUT2D eigenvalue weighted by atomic mass is 32.2. The van der Waals surface area contributed by atoms with E-state index in [1.54, 1.807) is 4.90 Å². The minimum atomic E-state index is -0.326. The van der Waals surface area contributed by atoms with Crippen LogP contribution in [0.2, 0.25) is 0 Å². The Morgan fingerprint density at radius 2 is 2.03 bits per heavy atom. The first-order valence-corrected chi connectivity index (χ1v) is 12.0. The molecule has 31 heavy (non-hydrogen) atoms. The molecule has 2 amide bonds. The molecule has 0 aliphatic carbocycles. The lowest BCUT2D eigenvalue weighted by Crippen LogP contribution is -2.24. The molecular weight excluding hydrogens is 432 g/mol. The van der Waals surface area contributed by atoms with Gasteiger partial charge in [-0.2, -0.15) is 0 Å². The Morgan fingerprint density at radius 1 is 1.29 bits per heavy atom. The van der Waals surface area contributed by atoms with E-state index in [0.29, 0.717) is 29.1 Å². The van der Waals surface area contributed by atoms with Gasteiger partial charge < -0.3 is 15.2 Å². The zero-order valence-corrected chi connectivity index (χ0v) is 19.3. The lowest BCUT2D eigenvalue weighted by molar-refractivity contribution is -0.117. The number of nitrogens with one attached hydrogen (secondary N) is 2. The lowest BCUT2D eigenvalue weighted by atomic mass is 10.2. The van der Waals surface area contributed by atoms with Gasteiger partial charge in [-0.15, -0.1) is 23.1 Å². The molecule has 2 N–H and O–H groups in total. The molecule has 2 aromatic heterocycles. The van der Waals surface area contributed by atoms with Gasteiger partial charge in [-0.1, -0.05) is 0 Å². The van der Waals surface area contributed by atoms with Gasteiger partial charge in [-0.3, -0.25) is 14.4 Å². The molecule has 1 saturated heterocycles. The van der Waals surface area contributed by atoms with Crippen LogP contribution in [0, 0.1) is 13.8 Å². The molecule has 3 aromatic rings. The van der Waals surface area contributed by atoms with Crippen LogP contribution >= 0.6 is 23.1 Å². The van der Waals surface area contributed by atoms with Gasteiger partial charge in [0.05, 0.1) is 16.4 Å². The second kappa shape index (κ2) is 8.84. The summed E-state index contributed by atoms with van der Waals surface area (Å²) in [7, 11) is 0. The van der Waals surface area contributed by atoms with Crippen LogP contribution in [0.25, 0.3) is 10.2 Å². The van der Waals surface area contributed by atoms with Gasteiger partial charge in [0.2, 0.25) is 11.8 Å². The number of hydrogen-bond donors (Lipinski definition) is 2. The maximum Gasteiger partial charge on any atom is 0.259 e. The minimum Gasteiger partial charge on any atom is -0.325 e. The number of aromatic amines is 1. The first-order chi connectivity index (χ1) is 14.8. The normalized spacial score (nSPS) is 14.9. The number of benzene rings is 1. The SMILES string of the molecule is Cc1sc2nc(CSC(C)C(=O)Nc3ccc(N4CCCC4=O)cc3)[nH]c(=O)c2c1C. The Hall–Kier alpha value is -2.65. The summed E-state index contributed by atoms with van der Waals surface area (Å²) in [5.41, 5.74) is 2.38. The van der Waals surface area contributed by atoms with Gasteiger partial charge in [-0.05, 0) is 57.0 Å². The molecule has 0 saturated carbocycles. The zero-order valence-electron chi connectivity index (χ0n) is 17.7. The summed E-state index contributed by atoms with van der Waals surface area (Å²) >= 11 is 2.93. The third kappa shape index (κ3) is 4.52. The third-order valence-electron chi connectivity index (χ3n) is 5.45. The molecule has 0 radical (unpaired) electrons. The largest absolute Gasteiger partial charge is 0.325 e. The van der Waals surface area contributed by atoms with Gasteiger partial charge in [0.1, 0.15) is 10.7 Å². The van der Waals surface area contributed by atoms with E-state index in [1.165, 1.54) is 23.1 Å². The predicted molar refractivity (Wildman–Crippen MR) is 127 cm³/mol. The predicted octanol–water partition coefficient (Wildman–Crippen LogP) is 3.99. The number of amides is 2. The molecule has 1 aliphatic rings. The van der Waals surface area contributed by atoms with Crippen molar-refractivity contribution >= 4 is 56.5 Å². The number of hydrogen-bond acceptors (Lipinski definition) is 6. The van der Waals surface area contributed by atoms with Crippen molar-refractivity contribution in [3.8, 4) is 0 Å². The zero-order chi connectivity index (χ0) is 22.1. The number of thiophene rings is 1. The molecule has 1 aromatic carbocycles. The van der Waals surface area contributed by atoms with Crippen LogP contribution in [0.5, 0.6) is 0 Å². The van der Waals surface area contributed by atoms with Crippen LogP contribution < -0.4 is 15.8 Å². The highest BCUT2D eigenvalue weighted by Gasteiger charge is 2.22. The Morgan fingerprint density at radius 3 is 2.71 bits per heavy atom. The lowest BCUT2D eigenvalue weighted by Gasteiger charge is -2.16. The van der Waals surface area contributed by atoms with Crippen LogP contribution in [-0.4, -0.2) is 33.6 Å². The summed E-state index contributed by atoms with van der Waals surface area (Å²) < 4.78 is 0. The van der Waals surface area contributed by atoms with Crippen molar-refractivity contribution in [2.45, 2.75) is 44.6 Å². The standard InChI is InChI=1S/C22H24N4O3S2/c1-12-13(2)31-22-19(12)21(29)24-17(25-22)11-30-14(3)20(28)23-15-6-8-16(9-7-15)26-10-4-5-18(26)27/h6-9,14H,4-5,10-11H2,1-3H3,(H,23,28)(H,24,25,29). The molecule has 7 nitrogen and oxygen atoms in total. The van der Waals surface area contributed by atoms with Crippen molar-refractivity contribution in [2.75, 3.05) is 16.8 Å². The Bertz CT molecular complexity index is 1200. The molecule has 3 heterocycles. The van der Waals surface area contributed by atoms with Crippen LogP contribution in [0.4, 0.5) is 11.4 Å². The van der Waals surface area contributed by atoms with Crippen LogP contribution in [0.3, 0.4) is 0 Å². The van der Waals surface area contributed by atoms with Gasteiger partial charge in [0.15, 0.2) is 0 Å². The molecule has 1 fully saturated rings. The maximum absolute atomic E-state index is 12.6. The highest BCUT2D eigenvalue weighted by molar-refractivity contribution is 7.99. The topological polar surface area (TPSA) is 95.2 Å². The number of anilines is 2. The molecule has 162 valence electrons. The Kier molecular flexibility index (Phi) is 6.15. The number of rotatable bonds is 6. The summed E-state index contributed by atoms with van der Waals surface area (Å²) in [4.78, 5) is 47.8. The molecule has 0 bridgehead atoms. The maximum atomic E-state index is 12.6. The van der Waals surface area contributed by atoms with E-state index in [9.17, 15) is 14.4 Å². The smallest absolute Gasteiger partial charge is 0.259 e. The molecular formula is C22H24N4O3S2. The quantitative estimate of drug-likeness (QED) is 0.585. The van der Waals surface area contributed by atoms with Crippen LogP contribution in [-0.2, 0) is 15.3 Å². The Labute approximate surface area is 188 Å². The number of thioether (sulfide) groups is 1. The fraction of sp³-hybridized carbons (Fsp3) is 0.364. The molecule has 9 heteroatoms. The average Bonchev–Trinajstić information content (AvgIpc) is 3.29. The van der Waals surface area contributed by atoms with Crippen molar-refractivity contribution in [2.24, 2.45) is 0 Å². The highest BCUT2D eigenvalue weighted by Crippen LogP contribution is 2.27. The first kappa shape index (κ1) is 21.6. The van der Waals surface area contributed by atoms with Gasteiger partial charge in [0.25, 0.3) is 5.56 Å². The van der Waals surface area contributed by atoms with E-state index < -0.39 is 0 Å². The summed E-state index contributed by atoms with van der Waals surface area (Å²) in [6.45, 7) is 6.48. The fourth-order valence-corrected chi connectivity index (χ4v) is 5.34. The van der Waals surface area contributed by atoms with E-state index in [2.05, 4.69) is 15.3 Å². The molecule has 1 aliphatic heterocycles. The third-order valence-corrected chi connectivity index (χ3v) is 7.70. The fourth-order valence-electron chi connectivity index (χ4n) is 3.54. The number of aryl methyl sites for hydroxylation is 2. The number of aromatic nitrogens is 2. The van der Waals surface area contributed by atoms with Crippen molar-refractivity contribution in [3.05, 3.63) is 50.9 Å². The monoisotopic (exact) mass is 456 g/mol. The second-order valence-corrected chi connectivity index (χ2v) is 10.1. The number of nitrogens with zero attached hydrogens (tertiary/aromatic N) is 2. The van der Waals surface area contributed by atoms with Crippen molar-refractivity contribution in [3.63, 3.8) is 0 Å². The van der Waals surface area contributed by atoms with E-state index in [-0.39, 0.29) is 22.6 Å². The van der Waals surface area contributed by atoms with Crippen molar-refractivity contribution in [1.82, 2.24) is 9.97 Å². The number of H-pyrrole nitrogens is 1. The van der Waals surface area contributed by atoms with E-state index in [0.717, 1.165) is 33.9 Å². The van der Waals surface area contributed by atoms with Crippen LogP contribution in [0.15, 0.2) is 29.1 Å². The Balaban J connectivity index is 1.36. The summed E-state index contributed by atoms with van der Waals surface area (Å²) in [5.74, 6) is 1.02. The minimum absolute atomic E-state index is 0.124. The molecule has 1 unspecified atom stereocenters. The van der Waals surface area contributed by atoms with Gasteiger partial charge in [0, 0.05) is 29.2 Å². The van der Waals surface area contributed by atoms with Crippen molar-refractivity contribution in [1.29, 1.82) is 0 Å². The van der Waals surface area contributed by atoms with Gasteiger partial charge in [-0.25, -0.2) is 4.98 Å². The van der Waals surface area contributed by atoms with E-state index in [1.807, 2.05) is 45.0 Å².